The van der Waals surface area contributed by atoms with Crippen molar-refractivity contribution in [2.45, 2.75) is 18.9 Å². The summed E-state index contributed by atoms with van der Waals surface area (Å²) in [5, 5.41) is 0. The normalized spacial score (nSPS) is 26.6. The summed E-state index contributed by atoms with van der Waals surface area (Å²) in [6, 6.07) is 10.1. The Morgan fingerprint density at radius 2 is 1.80 bits per heavy atom. The zero-order valence-electron chi connectivity index (χ0n) is 15.0. The molecule has 7 heteroatoms. The van der Waals surface area contributed by atoms with Crippen LogP contribution < -0.4 is 0 Å². The molecule has 2 saturated heterocycles. The van der Waals surface area contributed by atoms with Crippen molar-refractivity contribution in [3.8, 4) is 0 Å². The maximum absolute atomic E-state index is 13.2. The molecule has 138 valence electrons. The van der Waals surface area contributed by atoms with Gasteiger partial charge in [0.2, 0.25) is 15.9 Å². The van der Waals surface area contributed by atoms with Crippen molar-refractivity contribution in [2.24, 2.45) is 5.92 Å². The van der Waals surface area contributed by atoms with Crippen LogP contribution in [0.15, 0.2) is 30.3 Å². The van der Waals surface area contributed by atoms with E-state index in [-0.39, 0.29) is 17.9 Å². The van der Waals surface area contributed by atoms with E-state index in [4.69, 9.17) is 0 Å². The number of nitrogens with zero attached hydrogens (tertiary/aromatic N) is 3. The van der Waals surface area contributed by atoms with Crippen LogP contribution in [-0.4, -0.2) is 74.5 Å². The van der Waals surface area contributed by atoms with Gasteiger partial charge >= 0.3 is 0 Å². The number of hydrogen-bond donors (Lipinski definition) is 0. The highest BCUT2D eigenvalue weighted by atomic mass is 32.2. The van der Waals surface area contributed by atoms with Gasteiger partial charge in [0.25, 0.3) is 0 Å². The number of benzene rings is 1. The van der Waals surface area contributed by atoms with Crippen LogP contribution in [0.2, 0.25) is 0 Å². The van der Waals surface area contributed by atoms with E-state index < -0.39 is 10.0 Å². The minimum Gasteiger partial charge on any atom is -0.333 e. The first-order valence-electron chi connectivity index (χ1n) is 8.85. The minimum absolute atomic E-state index is 0.0288. The lowest BCUT2D eigenvalue weighted by molar-refractivity contribution is -0.141. The van der Waals surface area contributed by atoms with E-state index in [1.54, 1.807) is 0 Å². The molecule has 2 heterocycles. The second-order valence-electron chi connectivity index (χ2n) is 7.18. The average molecular weight is 365 g/mol. The molecule has 0 aliphatic carbocycles. The molecule has 3 rings (SSSR count). The maximum atomic E-state index is 13.2. The van der Waals surface area contributed by atoms with Gasteiger partial charge in [0.1, 0.15) is 0 Å². The third kappa shape index (κ3) is 4.22. The number of rotatable bonds is 3. The molecule has 2 aliphatic rings. The molecule has 2 atom stereocenters. The molecule has 0 bridgehead atoms. The van der Waals surface area contributed by atoms with E-state index in [0.717, 1.165) is 31.5 Å². The Morgan fingerprint density at radius 1 is 1.08 bits per heavy atom. The van der Waals surface area contributed by atoms with Crippen LogP contribution in [0.25, 0.3) is 0 Å². The molecule has 0 saturated carbocycles. The highest BCUT2D eigenvalue weighted by molar-refractivity contribution is 7.88. The fraction of sp³-hybridized carbons (Fsp3) is 0.611. The second kappa shape index (κ2) is 7.43. The standard InChI is InChI=1S/C18H27N3O3S/c1-19-11-12-21(17(14-19)15-7-4-3-5-8-15)18(22)16-9-6-10-20(13-16)25(2,23)24/h3-5,7-8,16-17H,6,9-14H2,1-2H3. The fourth-order valence-corrected chi connectivity index (χ4v) is 4.73. The van der Waals surface area contributed by atoms with Gasteiger partial charge in [-0.05, 0) is 25.5 Å². The molecule has 2 aliphatic heterocycles. The Kier molecular flexibility index (Phi) is 5.46. The minimum atomic E-state index is -3.24. The summed E-state index contributed by atoms with van der Waals surface area (Å²) in [6.45, 7) is 3.17. The zero-order valence-corrected chi connectivity index (χ0v) is 15.8. The number of amides is 1. The van der Waals surface area contributed by atoms with Crippen LogP contribution in [-0.2, 0) is 14.8 Å². The summed E-state index contributed by atoms with van der Waals surface area (Å²) in [6.07, 6.45) is 2.73. The number of piperidine rings is 1. The quantitative estimate of drug-likeness (QED) is 0.807. The molecule has 1 aromatic rings. The monoisotopic (exact) mass is 365 g/mol. The summed E-state index contributed by atoms with van der Waals surface area (Å²) in [4.78, 5) is 17.4. The van der Waals surface area contributed by atoms with Crippen molar-refractivity contribution in [2.75, 3.05) is 46.0 Å². The van der Waals surface area contributed by atoms with Gasteiger partial charge in [-0.1, -0.05) is 30.3 Å². The number of likely N-dealkylation sites (N-methyl/N-ethyl adjacent to an activating group) is 1. The van der Waals surface area contributed by atoms with Crippen LogP contribution in [0, 0.1) is 5.92 Å². The largest absolute Gasteiger partial charge is 0.333 e. The Morgan fingerprint density at radius 3 is 2.48 bits per heavy atom. The van der Waals surface area contributed by atoms with Crippen molar-refractivity contribution < 1.29 is 13.2 Å². The van der Waals surface area contributed by atoms with Gasteiger partial charge < -0.3 is 9.80 Å². The third-order valence-electron chi connectivity index (χ3n) is 5.25. The Balaban J connectivity index is 1.79. The third-order valence-corrected chi connectivity index (χ3v) is 6.52. The van der Waals surface area contributed by atoms with Gasteiger partial charge in [-0.2, -0.15) is 0 Å². The second-order valence-corrected chi connectivity index (χ2v) is 9.16. The molecule has 6 nitrogen and oxygen atoms in total. The highest BCUT2D eigenvalue weighted by Gasteiger charge is 2.37. The van der Waals surface area contributed by atoms with Crippen molar-refractivity contribution in [3.05, 3.63) is 35.9 Å². The lowest BCUT2D eigenvalue weighted by Crippen LogP contribution is -2.53. The van der Waals surface area contributed by atoms with Crippen LogP contribution >= 0.6 is 0 Å². The first-order valence-corrected chi connectivity index (χ1v) is 10.7. The van der Waals surface area contributed by atoms with E-state index in [0.29, 0.717) is 19.6 Å². The van der Waals surface area contributed by atoms with Crippen molar-refractivity contribution >= 4 is 15.9 Å². The summed E-state index contributed by atoms with van der Waals surface area (Å²) in [5.74, 6) is -0.145. The summed E-state index contributed by atoms with van der Waals surface area (Å²) < 4.78 is 25.2. The Hall–Kier alpha value is -1.44. The number of piperazine rings is 1. The van der Waals surface area contributed by atoms with Gasteiger partial charge in [-0.25, -0.2) is 12.7 Å². The van der Waals surface area contributed by atoms with E-state index in [2.05, 4.69) is 24.1 Å². The average Bonchev–Trinajstić information content (AvgIpc) is 2.61. The number of hydrogen-bond acceptors (Lipinski definition) is 4. The molecule has 2 fully saturated rings. The highest BCUT2D eigenvalue weighted by Crippen LogP contribution is 2.29. The maximum Gasteiger partial charge on any atom is 0.227 e. The molecular weight excluding hydrogens is 338 g/mol. The first-order chi connectivity index (χ1) is 11.9. The SMILES string of the molecule is CN1CCN(C(=O)C2CCCN(S(C)(=O)=O)C2)C(c2ccccc2)C1. The molecule has 0 spiro atoms. The molecule has 0 N–H and O–H groups in total. The first kappa shape index (κ1) is 18.4. The van der Waals surface area contributed by atoms with Gasteiger partial charge in [0.15, 0.2) is 0 Å². The van der Waals surface area contributed by atoms with E-state index in [1.807, 2.05) is 23.1 Å². The smallest absolute Gasteiger partial charge is 0.227 e. The van der Waals surface area contributed by atoms with E-state index >= 15 is 0 Å². The van der Waals surface area contributed by atoms with Crippen LogP contribution in [0.4, 0.5) is 0 Å². The summed E-state index contributed by atoms with van der Waals surface area (Å²) in [7, 11) is -1.17. The number of carbonyl (C=O) groups excluding carboxylic acids is 1. The van der Waals surface area contributed by atoms with E-state index in [1.165, 1.54) is 10.6 Å². The molecule has 2 unspecified atom stereocenters. The van der Waals surface area contributed by atoms with Crippen molar-refractivity contribution in [1.29, 1.82) is 0 Å². The molecule has 1 amide bonds. The van der Waals surface area contributed by atoms with Crippen molar-refractivity contribution in [3.63, 3.8) is 0 Å². The number of carbonyl (C=O) groups is 1. The molecular formula is C18H27N3O3S. The summed E-state index contributed by atoms with van der Waals surface area (Å²) >= 11 is 0. The molecule has 0 radical (unpaired) electrons. The lowest BCUT2D eigenvalue weighted by Gasteiger charge is -2.43. The van der Waals surface area contributed by atoms with Gasteiger partial charge in [0.05, 0.1) is 18.2 Å². The molecule has 0 aromatic heterocycles. The van der Waals surface area contributed by atoms with Crippen LogP contribution in [0.5, 0.6) is 0 Å². The summed E-state index contributed by atoms with van der Waals surface area (Å²) in [5.41, 5.74) is 1.14. The molecule has 1 aromatic carbocycles. The van der Waals surface area contributed by atoms with Gasteiger partial charge in [-0.15, -0.1) is 0 Å². The van der Waals surface area contributed by atoms with Crippen molar-refractivity contribution in [1.82, 2.24) is 14.1 Å². The zero-order chi connectivity index (χ0) is 18.0. The van der Waals surface area contributed by atoms with Crippen LogP contribution in [0.1, 0.15) is 24.4 Å². The predicted octanol–water partition coefficient (Wildman–Crippen LogP) is 1.17. The Labute approximate surface area is 150 Å². The predicted molar refractivity (Wildman–Crippen MR) is 97.5 cm³/mol. The van der Waals surface area contributed by atoms with Crippen LogP contribution in [0.3, 0.4) is 0 Å². The fourth-order valence-electron chi connectivity index (χ4n) is 3.82. The van der Waals surface area contributed by atoms with Gasteiger partial charge in [-0.3, -0.25) is 4.79 Å². The lowest BCUT2D eigenvalue weighted by atomic mass is 9.95. The molecule has 25 heavy (non-hydrogen) atoms. The van der Waals surface area contributed by atoms with E-state index in [9.17, 15) is 13.2 Å². The number of sulfonamides is 1. The Bertz CT molecular complexity index is 708. The van der Waals surface area contributed by atoms with Gasteiger partial charge in [0, 0.05) is 32.7 Å². The topological polar surface area (TPSA) is 60.9 Å².